The largest absolute Gasteiger partial charge is 0.416 e. The quantitative estimate of drug-likeness (QED) is 0.765. The Labute approximate surface area is 148 Å². The second-order valence-corrected chi connectivity index (χ2v) is 5.97. The van der Waals surface area contributed by atoms with Crippen LogP contribution >= 0.6 is 0 Å². The number of rotatable bonds is 3. The molecule has 0 aliphatic carbocycles. The fraction of sp³-hybridized carbons (Fsp3) is 0.467. The molecule has 2 atom stereocenters. The van der Waals surface area contributed by atoms with Crippen LogP contribution in [0.2, 0.25) is 0 Å². The number of alkyl halides is 6. The standard InChI is InChI=1S/C15H14F7N3O2/c16-9-2-1-8(14(17,18)19)5-7(9)6-25-11(15(20,21)22)4-3-10(12(25)26)24-13(23)27/h1-2,5,10-11H,3-4,6H2,(H3,23,24,27)/t10-,11+/m1/s1. The fourth-order valence-corrected chi connectivity index (χ4v) is 2.85. The molecule has 0 radical (unpaired) electrons. The first kappa shape index (κ1) is 20.8. The van der Waals surface area contributed by atoms with E-state index < -0.39 is 66.3 Å². The maximum atomic E-state index is 13.9. The first-order valence-electron chi connectivity index (χ1n) is 7.59. The van der Waals surface area contributed by atoms with Gasteiger partial charge in [-0.25, -0.2) is 9.18 Å². The Morgan fingerprint density at radius 1 is 1.19 bits per heavy atom. The normalized spacial score (nSPS) is 21.3. The summed E-state index contributed by atoms with van der Waals surface area (Å²) in [6.45, 7) is -1.05. The van der Waals surface area contributed by atoms with Crippen LogP contribution < -0.4 is 11.1 Å². The van der Waals surface area contributed by atoms with Crippen LogP contribution in [0.3, 0.4) is 0 Å². The lowest BCUT2D eigenvalue weighted by Gasteiger charge is -2.40. The minimum absolute atomic E-state index is 0.211. The molecule has 1 aliphatic rings. The smallest absolute Gasteiger partial charge is 0.352 e. The predicted octanol–water partition coefficient (Wildman–Crippen LogP) is 2.93. The van der Waals surface area contributed by atoms with Crippen molar-refractivity contribution in [3.8, 4) is 0 Å². The minimum Gasteiger partial charge on any atom is -0.352 e. The van der Waals surface area contributed by atoms with Gasteiger partial charge in [0.2, 0.25) is 5.91 Å². The number of hydrogen-bond donors (Lipinski definition) is 2. The molecule has 5 nitrogen and oxygen atoms in total. The van der Waals surface area contributed by atoms with E-state index in [1.54, 1.807) is 0 Å². The maximum absolute atomic E-state index is 13.9. The van der Waals surface area contributed by atoms with Gasteiger partial charge in [0.1, 0.15) is 17.9 Å². The molecular weight excluding hydrogens is 387 g/mol. The Balaban J connectivity index is 2.38. The number of hydrogen-bond acceptors (Lipinski definition) is 2. The summed E-state index contributed by atoms with van der Waals surface area (Å²) in [7, 11) is 0. The lowest BCUT2D eigenvalue weighted by Crippen LogP contribution is -2.60. The van der Waals surface area contributed by atoms with Crippen LogP contribution in [-0.4, -0.2) is 35.1 Å². The predicted molar refractivity (Wildman–Crippen MR) is 77.5 cm³/mol. The van der Waals surface area contributed by atoms with Crippen molar-refractivity contribution < 1.29 is 40.3 Å². The molecule has 0 saturated carbocycles. The first-order valence-corrected chi connectivity index (χ1v) is 7.59. The van der Waals surface area contributed by atoms with Crippen LogP contribution in [0.4, 0.5) is 35.5 Å². The van der Waals surface area contributed by atoms with Gasteiger partial charge in [-0.1, -0.05) is 0 Å². The van der Waals surface area contributed by atoms with E-state index in [2.05, 4.69) is 0 Å². The Morgan fingerprint density at radius 2 is 1.81 bits per heavy atom. The van der Waals surface area contributed by atoms with Gasteiger partial charge in [-0.15, -0.1) is 0 Å². The van der Waals surface area contributed by atoms with E-state index in [9.17, 15) is 40.3 Å². The molecular formula is C15H14F7N3O2. The summed E-state index contributed by atoms with van der Waals surface area (Å²) in [4.78, 5) is 23.4. The van der Waals surface area contributed by atoms with Gasteiger partial charge in [0.15, 0.2) is 0 Å². The Hall–Kier alpha value is -2.53. The number of benzene rings is 1. The van der Waals surface area contributed by atoms with Crippen molar-refractivity contribution in [2.24, 2.45) is 5.73 Å². The molecule has 2 rings (SSSR count). The second-order valence-electron chi connectivity index (χ2n) is 5.97. The van der Waals surface area contributed by atoms with Crippen LogP contribution in [0.5, 0.6) is 0 Å². The number of likely N-dealkylation sites (tertiary alicyclic amines) is 1. The average Bonchev–Trinajstić information content (AvgIpc) is 2.50. The third-order valence-corrected chi connectivity index (χ3v) is 4.09. The van der Waals surface area contributed by atoms with Crippen LogP contribution in [0.1, 0.15) is 24.0 Å². The lowest BCUT2D eigenvalue weighted by molar-refractivity contribution is -0.199. The molecule has 1 saturated heterocycles. The Morgan fingerprint density at radius 3 is 2.33 bits per heavy atom. The number of primary amides is 1. The van der Waals surface area contributed by atoms with E-state index in [1.165, 1.54) is 0 Å². The summed E-state index contributed by atoms with van der Waals surface area (Å²) < 4.78 is 92.0. The van der Waals surface area contributed by atoms with Gasteiger partial charge < -0.3 is 16.0 Å². The third kappa shape index (κ3) is 4.80. The maximum Gasteiger partial charge on any atom is 0.416 e. The highest BCUT2D eigenvalue weighted by Gasteiger charge is 2.49. The summed E-state index contributed by atoms with van der Waals surface area (Å²) in [5, 5.41) is 1.98. The van der Waals surface area contributed by atoms with E-state index in [-0.39, 0.29) is 11.3 Å². The van der Waals surface area contributed by atoms with Crippen molar-refractivity contribution in [3.05, 3.63) is 35.1 Å². The number of nitrogens with two attached hydrogens (primary N) is 1. The zero-order chi connectivity index (χ0) is 20.6. The molecule has 12 heteroatoms. The lowest BCUT2D eigenvalue weighted by atomic mass is 9.95. The van der Waals surface area contributed by atoms with Crippen LogP contribution in [-0.2, 0) is 17.5 Å². The van der Waals surface area contributed by atoms with Crippen molar-refractivity contribution in [3.63, 3.8) is 0 Å². The van der Waals surface area contributed by atoms with Crippen LogP contribution in [0.25, 0.3) is 0 Å². The van der Waals surface area contributed by atoms with Crippen molar-refractivity contribution in [2.45, 2.75) is 43.8 Å². The van der Waals surface area contributed by atoms with Crippen LogP contribution in [0.15, 0.2) is 18.2 Å². The topological polar surface area (TPSA) is 75.4 Å². The first-order chi connectivity index (χ1) is 12.3. The number of carbonyl (C=O) groups is 2. The molecule has 0 aromatic heterocycles. The summed E-state index contributed by atoms with van der Waals surface area (Å²) in [6.07, 6.45) is -10.7. The SMILES string of the molecule is NC(=O)N[C@@H]1CC[C@@H](C(F)(F)F)N(Cc2cc(C(F)(F)F)ccc2F)C1=O. The molecule has 1 fully saturated rings. The molecule has 3 amide bonds. The molecule has 1 aliphatic heterocycles. The molecule has 1 aromatic rings. The van der Waals surface area contributed by atoms with Crippen molar-refractivity contribution >= 4 is 11.9 Å². The van der Waals surface area contributed by atoms with Gasteiger partial charge in [-0.3, -0.25) is 4.79 Å². The molecule has 150 valence electrons. The highest BCUT2D eigenvalue weighted by molar-refractivity contribution is 5.87. The number of piperidine rings is 1. The fourth-order valence-electron chi connectivity index (χ4n) is 2.85. The van der Waals surface area contributed by atoms with E-state index in [0.717, 1.165) is 0 Å². The molecule has 0 spiro atoms. The summed E-state index contributed by atoms with van der Waals surface area (Å²) in [5.41, 5.74) is 2.87. The summed E-state index contributed by atoms with van der Waals surface area (Å²) >= 11 is 0. The highest BCUT2D eigenvalue weighted by Crippen LogP contribution is 2.35. The van der Waals surface area contributed by atoms with E-state index in [0.29, 0.717) is 18.2 Å². The van der Waals surface area contributed by atoms with Gasteiger partial charge in [-0.05, 0) is 31.0 Å². The third-order valence-electron chi connectivity index (χ3n) is 4.09. The number of nitrogens with one attached hydrogen (secondary N) is 1. The Kier molecular flexibility index (Phi) is 5.57. The zero-order valence-electron chi connectivity index (χ0n) is 13.5. The van der Waals surface area contributed by atoms with Crippen molar-refractivity contribution in [2.75, 3.05) is 0 Å². The molecule has 0 bridgehead atoms. The minimum atomic E-state index is -4.88. The number of amides is 3. The summed E-state index contributed by atoms with van der Waals surface area (Å²) in [5.74, 6) is -2.40. The highest BCUT2D eigenvalue weighted by atomic mass is 19.4. The monoisotopic (exact) mass is 401 g/mol. The molecule has 3 N–H and O–H groups in total. The number of carbonyl (C=O) groups excluding carboxylic acids is 2. The number of nitrogens with zero attached hydrogens (tertiary/aromatic N) is 1. The molecule has 27 heavy (non-hydrogen) atoms. The molecule has 0 unspecified atom stereocenters. The zero-order valence-corrected chi connectivity index (χ0v) is 13.5. The van der Waals surface area contributed by atoms with Gasteiger partial charge in [0.05, 0.1) is 5.56 Å². The number of halogens is 7. The molecule has 1 aromatic carbocycles. The van der Waals surface area contributed by atoms with Gasteiger partial charge >= 0.3 is 18.4 Å². The summed E-state index contributed by atoms with van der Waals surface area (Å²) in [6, 6.07) is -3.60. The second kappa shape index (κ2) is 7.24. The van der Waals surface area contributed by atoms with Crippen molar-refractivity contribution in [1.29, 1.82) is 0 Å². The van der Waals surface area contributed by atoms with Crippen LogP contribution in [0, 0.1) is 5.82 Å². The number of urea groups is 1. The van der Waals surface area contributed by atoms with E-state index in [4.69, 9.17) is 5.73 Å². The van der Waals surface area contributed by atoms with Gasteiger partial charge in [0, 0.05) is 12.1 Å². The van der Waals surface area contributed by atoms with Crippen molar-refractivity contribution in [1.82, 2.24) is 10.2 Å². The van der Waals surface area contributed by atoms with Gasteiger partial charge in [0.25, 0.3) is 0 Å². The average molecular weight is 401 g/mol. The molecule has 1 heterocycles. The Bertz CT molecular complexity index is 733. The van der Waals surface area contributed by atoms with E-state index >= 15 is 0 Å². The van der Waals surface area contributed by atoms with E-state index in [1.807, 2.05) is 5.32 Å². The van der Waals surface area contributed by atoms with Gasteiger partial charge in [-0.2, -0.15) is 26.3 Å².